The molecular weight excluding hydrogens is 268 g/mol. The summed E-state index contributed by atoms with van der Waals surface area (Å²) < 4.78 is 0. The van der Waals surface area contributed by atoms with Crippen molar-refractivity contribution in [2.75, 3.05) is 23.8 Å². The van der Waals surface area contributed by atoms with Gasteiger partial charge in [-0.15, -0.1) is 11.3 Å². The molecule has 3 rings (SSSR count). The van der Waals surface area contributed by atoms with Gasteiger partial charge in [0.25, 0.3) is 0 Å². The monoisotopic (exact) mass is 290 g/mol. The number of rotatable bonds is 6. The van der Waals surface area contributed by atoms with E-state index < -0.39 is 0 Å². The van der Waals surface area contributed by atoms with Crippen LogP contribution in [-0.2, 0) is 6.42 Å². The van der Waals surface area contributed by atoms with Crippen LogP contribution in [0.25, 0.3) is 10.2 Å². The minimum absolute atomic E-state index is 0.683. The Morgan fingerprint density at radius 3 is 2.75 bits per heavy atom. The van der Waals surface area contributed by atoms with E-state index >= 15 is 0 Å². The minimum Gasteiger partial charge on any atom is -0.357 e. The van der Waals surface area contributed by atoms with Crippen molar-refractivity contribution >= 4 is 33.3 Å². The Balaban J connectivity index is 2.12. The lowest BCUT2D eigenvalue weighted by Gasteiger charge is -2.23. The molecule has 108 valence electrons. The molecule has 0 saturated heterocycles. The van der Waals surface area contributed by atoms with Crippen molar-refractivity contribution in [3.63, 3.8) is 0 Å². The summed E-state index contributed by atoms with van der Waals surface area (Å²) in [5, 5.41) is 4.33. The third-order valence-electron chi connectivity index (χ3n) is 3.72. The van der Waals surface area contributed by atoms with Gasteiger partial charge < -0.3 is 10.2 Å². The molecular formula is C15H22N4S. The number of aryl methyl sites for hydroxylation is 1. The molecule has 0 spiro atoms. The normalized spacial score (nSPS) is 14.8. The zero-order valence-corrected chi connectivity index (χ0v) is 13.3. The molecule has 0 aliphatic heterocycles. The molecule has 0 bridgehead atoms. The van der Waals surface area contributed by atoms with Gasteiger partial charge in [-0.3, -0.25) is 0 Å². The predicted molar refractivity (Wildman–Crippen MR) is 87.0 cm³/mol. The molecule has 0 aromatic carbocycles. The highest BCUT2D eigenvalue weighted by atomic mass is 32.1. The average molecular weight is 290 g/mol. The lowest BCUT2D eigenvalue weighted by atomic mass is 10.2. The van der Waals surface area contributed by atoms with Gasteiger partial charge in [-0.1, -0.05) is 13.8 Å². The summed E-state index contributed by atoms with van der Waals surface area (Å²) in [4.78, 5) is 14.4. The summed E-state index contributed by atoms with van der Waals surface area (Å²) in [5.74, 6) is 1.86. The second-order valence-corrected chi connectivity index (χ2v) is 6.45. The summed E-state index contributed by atoms with van der Waals surface area (Å²) >= 11 is 1.79. The van der Waals surface area contributed by atoms with Crippen LogP contribution in [0.4, 0.5) is 11.8 Å². The fraction of sp³-hybridized carbons (Fsp3) is 0.600. The third-order valence-corrected chi connectivity index (χ3v) is 4.89. The predicted octanol–water partition coefficient (Wildman–Crippen LogP) is 3.67. The Morgan fingerprint density at radius 1 is 1.35 bits per heavy atom. The van der Waals surface area contributed by atoms with Crippen LogP contribution in [0.1, 0.15) is 38.0 Å². The zero-order chi connectivity index (χ0) is 14.1. The summed E-state index contributed by atoms with van der Waals surface area (Å²) in [6.07, 6.45) is 4.81. The van der Waals surface area contributed by atoms with Crippen molar-refractivity contribution in [3.8, 4) is 0 Å². The maximum atomic E-state index is 4.76. The number of thiophene rings is 1. The number of hydrogen-bond acceptors (Lipinski definition) is 5. The Hall–Kier alpha value is -1.36. The quantitative estimate of drug-likeness (QED) is 0.881. The van der Waals surface area contributed by atoms with Gasteiger partial charge >= 0.3 is 0 Å². The zero-order valence-electron chi connectivity index (χ0n) is 12.4. The van der Waals surface area contributed by atoms with E-state index in [0.717, 1.165) is 36.0 Å². The molecule has 1 saturated carbocycles. The van der Waals surface area contributed by atoms with E-state index in [0.29, 0.717) is 6.04 Å². The second kappa shape index (κ2) is 5.56. The highest BCUT2D eigenvalue weighted by Crippen LogP contribution is 2.37. The number of anilines is 2. The molecule has 1 aliphatic carbocycles. The molecule has 2 aromatic heterocycles. The van der Waals surface area contributed by atoms with Crippen LogP contribution in [0.2, 0.25) is 0 Å². The van der Waals surface area contributed by atoms with Crippen molar-refractivity contribution in [3.05, 3.63) is 10.9 Å². The molecule has 0 atom stereocenters. The highest BCUT2D eigenvalue weighted by Gasteiger charge is 2.31. The molecule has 1 aliphatic rings. The topological polar surface area (TPSA) is 41.1 Å². The molecule has 2 aromatic rings. The molecule has 0 radical (unpaired) electrons. The van der Waals surface area contributed by atoms with Crippen LogP contribution in [0.3, 0.4) is 0 Å². The van der Waals surface area contributed by atoms with Crippen LogP contribution in [0.5, 0.6) is 0 Å². The first kappa shape index (κ1) is 13.6. The van der Waals surface area contributed by atoms with E-state index in [1.54, 1.807) is 11.3 Å². The Kier molecular flexibility index (Phi) is 3.78. The highest BCUT2D eigenvalue weighted by molar-refractivity contribution is 7.18. The maximum Gasteiger partial charge on any atom is 0.225 e. The van der Waals surface area contributed by atoms with Crippen molar-refractivity contribution in [1.82, 2.24) is 9.97 Å². The van der Waals surface area contributed by atoms with E-state index in [9.17, 15) is 0 Å². The molecule has 0 unspecified atom stereocenters. The molecule has 1 fully saturated rings. The van der Waals surface area contributed by atoms with Gasteiger partial charge in [-0.25, -0.2) is 4.98 Å². The Bertz CT molecular complexity index is 603. The van der Waals surface area contributed by atoms with Crippen LogP contribution < -0.4 is 10.2 Å². The SMILES string of the molecule is CCCN(c1nc(NC)nc2sc(CC)cc12)C1CC1. The first-order chi connectivity index (χ1) is 9.76. The summed E-state index contributed by atoms with van der Waals surface area (Å²) in [5.41, 5.74) is 0. The maximum absolute atomic E-state index is 4.76. The van der Waals surface area contributed by atoms with Gasteiger partial charge in [0.1, 0.15) is 10.6 Å². The standard InChI is InChI=1S/C15H22N4S/c1-4-8-19(10-6-7-10)13-12-9-11(5-2)20-14(12)18-15(16-3)17-13/h9-10H,4-8H2,1-3H3,(H,16,17,18). The average Bonchev–Trinajstić information content (AvgIpc) is 3.22. The van der Waals surface area contributed by atoms with E-state index in [-0.39, 0.29) is 0 Å². The molecule has 5 heteroatoms. The number of aromatic nitrogens is 2. The van der Waals surface area contributed by atoms with Gasteiger partial charge in [0.2, 0.25) is 5.95 Å². The fourth-order valence-corrected chi connectivity index (χ4v) is 3.51. The van der Waals surface area contributed by atoms with E-state index in [2.05, 4.69) is 35.1 Å². The van der Waals surface area contributed by atoms with Crippen molar-refractivity contribution in [2.45, 2.75) is 45.6 Å². The number of fused-ring (bicyclic) bond motifs is 1. The Morgan fingerprint density at radius 2 is 2.15 bits per heavy atom. The van der Waals surface area contributed by atoms with Crippen molar-refractivity contribution in [2.24, 2.45) is 0 Å². The molecule has 1 N–H and O–H groups in total. The van der Waals surface area contributed by atoms with Crippen LogP contribution >= 0.6 is 11.3 Å². The fourth-order valence-electron chi connectivity index (χ4n) is 2.55. The van der Waals surface area contributed by atoms with Gasteiger partial charge in [0, 0.05) is 24.5 Å². The van der Waals surface area contributed by atoms with Crippen molar-refractivity contribution < 1.29 is 0 Å². The first-order valence-corrected chi connectivity index (χ1v) is 8.33. The summed E-state index contributed by atoms with van der Waals surface area (Å²) in [6.45, 7) is 5.51. The molecule has 0 amide bonds. The van der Waals surface area contributed by atoms with Gasteiger partial charge in [-0.05, 0) is 31.7 Å². The van der Waals surface area contributed by atoms with Crippen LogP contribution in [0.15, 0.2) is 6.07 Å². The minimum atomic E-state index is 0.683. The largest absolute Gasteiger partial charge is 0.357 e. The Labute approximate surface area is 124 Å². The second-order valence-electron chi connectivity index (χ2n) is 5.33. The number of nitrogens with zero attached hydrogens (tertiary/aromatic N) is 3. The number of hydrogen-bond donors (Lipinski definition) is 1. The lowest BCUT2D eigenvalue weighted by Crippen LogP contribution is -2.27. The van der Waals surface area contributed by atoms with Gasteiger partial charge in [0.15, 0.2) is 0 Å². The van der Waals surface area contributed by atoms with Crippen molar-refractivity contribution in [1.29, 1.82) is 0 Å². The van der Waals surface area contributed by atoms with Crippen LogP contribution in [-0.4, -0.2) is 29.6 Å². The van der Waals surface area contributed by atoms with Gasteiger partial charge in [0.05, 0.1) is 5.39 Å². The summed E-state index contributed by atoms with van der Waals surface area (Å²) in [7, 11) is 1.89. The lowest BCUT2D eigenvalue weighted by molar-refractivity contribution is 0.753. The summed E-state index contributed by atoms with van der Waals surface area (Å²) in [6, 6.07) is 2.96. The number of nitrogens with one attached hydrogen (secondary N) is 1. The van der Waals surface area contributed by atoms with Gasteiger partial charge in [-0.2, -0.15) is 4.98 Å². The van der Waals surface area contributed by atoms with E-state index in [1.807, 2.05) is 7.05 Å². The van der Waals surface area contributed by atoms with E-state index in [4.69, 9.17) is 4.98 Å². The molecule has 4 nitrogen and oxygen atoms in total. The smallest absolute Gasteiger partial charge is 0.225 e. The molecule has 20 heavy (non-hydrogen) atoms. The first-order valence-electron chi connectivity index (χ1n) is 7.51. The third kappa shape index (κ3) is 2.46. The molecule has 2 heterocycles. The van der Waals surface area contributed by atoms with E-state index in [1.165, 1.54) is 23.1 Å². The van der Waals surface area contributed by atoms with Crippen LogP contribution in [0, 0.1) is 0 Å².